The van der Waals surface area contributed by atoms with Crippen molar-refractivity contribution in [3.8, 4) is 18.4 Å². The molecule has 0 bridgehead atoms. The summed E-state index contributed by atoms with van der Waals surface area (Å²) < 4.78 is 24.3. The highest BCUT2D eigenvalue weighted by molar-refractivity contribution is 7.91. The molecule has 1 atom stereocenters. The molecule has 0 aromatic heterocycles. The van der Waals surface area contributed by atoms with Gasteiger partial charge >= 0.3 is 0 Å². The third-order valence-electron chi connectivity index (χ3n) is 2.86. The molecule has 0 amide bonds. The van der Waals surface area contributed by atoms with Crippen LogP contribution in [0.4, 0.5) is 0 Å². The maximum absolute atomic E-state index is 12.1. The minimum atomic E-state index is -3.39. The van der Waals surface area contributed by atoms with Gasteiger partial charge in [-0.3, -0.25) is 0 Å². The van der Waals surface area contributed by atoms with E-state index in [1.165, 1.54) is 12.1 Å². The monoisotopic (exact) mass is 290 g/mol. The third kappa shape index (κ3) is 4.70. The highest BCUT2D eigenvalue weighted by Gasteiger charge is 2.15. The van der Waals surface area contributed by atoms with Crippen molar-refractivity contribution < 1.29 is 8.42 Å². The summed E-state index contributed by atoms with van der Waals surface area (Å²) in [7, 11) is -3.39. The normalized spacial score (nSPS) is 12.3. The van der Waals surface area contributed by atoms with Crippen LogP contribution in [-0.4, -0.2) is 26.8 Å². The summed E-state index contributed by atoms with van der Waals surface area (Å²) in [5.41, 5.74) is 0.339. The molecule has 1 aromatic carbocycles. The lowest BCUT2D eigenvalue weighted by molar-refractivity contribution is 0.566. The molecule has 0 heterocycles. The van der Waals surface area contributed by atoms with E-state index in [1.54, 1.807) is 12.1 Å². The van der Waals surface area contributed by atoms with Crippen molar-refractivity contribution in [2.75, 3.05) is 12.3 Å². The fourth-order valence-electron chi connectivity index (χ4n) is 1.78. The highest BCUT2D eigenvalue weighted by Crippen LogP contribution is 2.12. The summed E-state index contributed by atoms with van der Waals surface area (Å²) in [6.45, 7) is 2.32. The van der Waals surface area contributed by atoms with Crippen LogP contribution in [0.15, 0.2) is 29.2 Å². The lowest BCUT2D eigenvalue weighted by Gasteiger charge is -2.12. The minimum Gasteiger partial charge on any atom is -0.303 e. The molecule has 0 aliphatic carbocycles. The zero-order valence-corrected chi connectivity index (χ0v) is 12.3. The average Bonchev–Trinajstić information content (AvgIpc) is 2.46. The number of rotatable bonds is 7. The summed E-state index contributed by atoms with van der Waals surface area (Å²) in [6, 6.07) is 7.87. The largest absolute Gasteiger partial charge is 0.303 e. The van der Waals surface area contributed by atoms with Crippen LogP contribution in [0.5, 0.6) is 0 Å². The Morgan fingerprint density at radius 1 is 1.45 bits per heavy atom. The SMILES string of the molecule is C#CC(CCC)NCCS(=O)(=O)c1cccc(C#N)c1. The standard InChI is InChI=1S/C15H18N2O2S/c1-3-6-14(4-2)17-9-10-20(18,19)15-8-5-7-13(11-15)12-16/h2,5,7-8,11,14,17H,3,6,9-10H2,1H3. The van der Waals surface area contributed by atoms with Crippen LogP contribution in [-0.2, 0) is 9.84 Å². The molecular formula is C15H18N2O2S. The number of hydrogen-bond donors (Lipinski definition) is 1. The maximum atomic E-state index is 12.1. The Labute approximate surface area is 120 Å². The van der Waals surface area contributed by atoms with Gasteiger partial charge in [-0.25, -0.2) is 8.42 Å². The van der Waals surface area contributed by atoms with Gasteiger partial charge in [-0.15, -0.1) is 6.42 Å². The van der Waals surface area contributed by atoms with E-state index >= 15 is 0 Å². The van der Waals surface area contributed by atoms with Crippen LogP contribution >= 0.6 is 0 Å². The van der Waals surface area contributed by atoms with Crippen LogP contribution in [0, 0.1) is 23.7 Å². The van der Waals surface area contributed by atoms with E-state index in [1.807, 2.05) is 13.0 Å². The van der Waals surface area contributed by atoms with E-state index in [0.29, 0.717) is 12.1 Å². The van der Waals surface area contributed by atoms with Crippen LogP contribution in [0.1, 0.15) is 25.3 Å². The molecule has 0 spiro atoms. The Hall–Kier alpha value is -1.82. The molecule has 0 aliphatic rings. The van der Waals surface area contributed by atoms with Crippen LogP contribution in [0.3, 0.4) is 0 Å². The number of hydrogen-bond acceptors (Lipinski definition) is 4. The van der Waals surface area contributed by atoms with E-state index in [9.17, 15) is 8.42 Å². The Morgan fingerprint density at radius 2 is 2.20 bits per heavy atom. The van der Waals surface area contributed by atoms with E-state index in [4.69, 9.17) is 11.7 Å². The molecule has 1 N–H and O–H groups in total. The molecule has 1 unspecified atom stereocenters. The number of nitriles is 1. The summed E-state index contributed by atoms with van der Waals surface area (Å²) in [4.78, 5) is 0.172. The third-order valence-corrected chi connectivity index (χ3v) is 4.58. The molecule has 1 rings (SSSR count). The second-order valence-electron chi connectivity index (χ2n) is 4.42. The van der Waals surface area contributed by atoms with Gasteiger partial charge in [-0.1, -0.05) is 25.3 Å². The molecular weight excluding hydrogens is 272 g/mol. The lowest BCUT2D eigenvalue weighted by atomic mass is 10.2. The fourth-order valence-corrected chi connectivity index (χ4v) is 2.99. The van der Waals surface area contributed by atoms with Gasteiger partial charge in [0.05, 0.1) is 28.3 Å². The van der Waals surface area contributed by atoms with Gasteiger partial charge in [0.25, 0.3) is 0 Å². The molecule has 4 nitrogen and oxygen atoms in total. The summed E-state index contributed by atoms with van der Waals surface area (Å²) in [5, 5.41) is 11.8. The Bertz CT molecular complexity index is 624. The average molecular weight is 290 g/mol. The molecule has 106 valence electrons. The molecule has 5 heteroatoms. The first-order valence-corrected chi connectivity index (χ1v) is 8.11. The topological polar surface area (TPSA) is 70.0 Å². The van der Waals surface area contributed by atoms with Crippen LogP contribution in [0.2, 0.25) is 0 Å². The Kier molecular flexibility index (Phi) is 6.24. The summed E-state index contributed by atoms with van der Waals surface area (Å²) in [6.07, 6.45) is 7.12. The van der Waals surface area contributed by atoms with E-state index in [-0.39, 0.29) is 16.7 Å². The summed E-state index contributed by atoms with van der Waals surface area (Å²) >= 11 is 0. The van der Waals surface area contributed by atoms with Gasteiger partial charge in [0, 0.05) is 6.54 Å². The quantitative estimate of drug-likeness (QED) is 0.776. The first-order chi connectivity index (χ1) is 9.53. The highest BCUT2D eigenvalue weighted by atomic mass is 32.2. The Morgan fingerprint density at radius 3 is 2.80 bits per heavy atom. The first-order valence-electron chi connectivity index (χ1n) is 6.46. The van der Waals surface area contributed by atoms with Gasteiger partial charge in [-0.05, 0) is 24.6 Å². The van der Waals surface area contributed by atoms with Crippen LogP contribution in [0.25, 0.3) is 0 Å². The van der Waals surface area contributed by atoms with Crippen molar-refractivity contribution in [2.45, 2.75) is 30.7 Å². The molecule has 1 aromatic rings. The predicted molar refractivity (Wildman–Crippen MR) is 78.7 cm³/mol. The lowest BCUT2D eigenvalue weighted by Crippen LogP contribution is -2.32. The number of terminal acetylenes is 1. The zero-order valence-electron chi connectivity index (χ0n) is 11.5. The summed E-state index contributed by atoms with van der Waals surface area (Å²) in [5.74, 6) is 2.56. The number of sulfone groups is 1. The smallest absolute Gasteiger partial charge is 0.179 e. The van der Waals surface area contributed by atoms with Crippen molar-refractivity contribution in [2.24, 2.45) is 0 Å². The number of nitrogens with zero attached hydrogens (tertiary/aromatic N) is 1. The van der Waals surface area contributed by atoms with Crippen molar-refractivity contribution in [1.29, 1.82) is 5.26 Å². The number of benzene rings is 1. The van der Waals surface area contributed by atoms with Gasteiger partial charge in [0.15, 0.2) is 9.84 Å². The van der Waals surface area contributed by atoms with E-state index < -0.39 is 9.84 Å². The van der Waals surface area contributed by atoms with Gasteiger partial charge in [0.1, 0.15) is 0 Å². The van der Waals surface area contributed by atoms with Crippen LogP contribution < -0.4 is 5.32 Å². The molecule has 0 radical (unpaired) electrons. The van der Waals surface area contributed by atoms with Crippen molar-refractivity contribution in [1.82, 2.24) is 5.32 Å². The second kappa shape index (κ2) is 7.69. The number of nitrogens with one attached hydrogen (secondary N) is 1. The van der Waals surface area contributed by atoms with Gasteiger partial charge < -0.3 is 5.32 Å². The molecule has 0 fully saturated rings. The van der Waals surface area contributed by atoms with E-state index in [2.05, 4.69) is 11.2 Å². The zero-order chi connectivity index (χ0) is 15.0. The van der Waals surface area contributed by atoms with Gasteiger partial charge in [0.2, 0.25) is 0 Å². The molecule has 0 saturated carbocycles. The first kappa shape index (κ1) is 16.2. The van der Waals surface area contributed by atoms with Gasteiger partial charge in [-0.2, -0.15) is 5.26 Å². The maximum Gasteiger partial charge on any atom is 0.179 e. The Balaban J connectivity index is 2.67. The second-order valence-corrected chi connectivity index (χ2v) is 6.53. The fraction of sp³-hybridized carbons (Fsp3) is 0.400. The molecule has 20 heavy (non-hydrogen) atoms. The molecule has 0 aliphatic heterocycles. The predicted octanol–water partition coefficient (Wildman–Crippen LogP) is 1.72. The van der Waals surface area contributed by atoms with Crippen molar-refractivity contribution >= 4 is 9.84 Å². The minimum absolute atomic E-state index is 0.0379. The molecule has 0 saturated heterocycles. The van der Waals surface area contributed by atoms with E-state index in [0.717, 1.165) is 12.8 Å². The van der Waals surface area contributed by atoms with Crippen molar-refractivity contribution in [3.05, 3.63) is 29.8 Å². The van der Waals surface area contributed by atoms with Crippen molar-refractivity contribution in [3.63, 3.8) is 0 Å².